The Kier molecular flexibility index (Phi) is 5.00. The van der Waals surface area contributed by atoms with Gasteiger partial charge in [-0.25, -0.2) is 4.39 Å². The maximum atomic E-state index is 13.1. The van der Waals surface area contributed by atoms with Gasteiger partial charge in [-0.3, -0.25) is 9.59 Å². The summed E-state index contributed by atoms with van der Waals surface area (Å²) in [5.74, 6) is 2.37. The lowest BCUT2D eigenvalue weighted by atomic mass is 10.1. The molecule has 4 atom stereocenters. The van der Waals surface area contributed by atoms with Gasteiger partial charge in [-0.1, -0.05) is 25.2 Å². The number of rotatable bonds is 5. The quantitative estimate of drug-likeness (QED) is 0.773. The molecule has 0 radical (unpaired) electrons. The number of nitrogens with one attached hydrogen (secondary N) is 1. The van der Waals surface area contributed by atoms with Crippen molar-refractivity contribution < 1.29 is 19.8 Å². The van der Waals surface area contributed by atoms with Crippen molar-refractivity contribution in [2.24, 2.45) is 23.7 Å². The molecule has 1 aliphatic heterocycles. The van der Waals surface area contributed by atoms with Gasteiger partial charge >= 0.3 is 0 Å². The monoisotopic (exact) mass is 422 g/mol. The lowest BCUT2D eigenvalue weighted by Gasteiger charge is -2.20. The molecular weight excluding hydrogens is 395 g/mol. The minimum atomic E-state index is -0.337. The molecule has 1 saturated carbocycles. The van der Waals surface area contributed by atoms with Crippen LogP contribution in [-0.2, 0) is 0 Å². The Labute approximate surface area is 182 Å². The number of piperidine rings is 1. The maximum absolute atomic E-state index is 13.1. The van der Waals surface area contributed by atoms with E-state index in [-0.39, 0.29) is 19.1 Å². The minimum Gasteiger partial charge on any atom is -0.451 e. The summed E-state index contributed by atoms with van der Waals surface area (Å²) in [4.78, 5) is 26.8. The van der Waals surface area contributed by atoms with Crippen LogP contribution < -0.4 is 5.32 Å². The second kappa shape index (κ2) is 7.84. The van der Waals surface area contributed by atoms with Crippen molar-refractivity contribution in [3.63, 3.8) is 0 Å². The molecule has 1 aromatic carbocycles. The highest BCUT2D eigenvalue weighted by Crippen LogP contribution is 2.53. The predicted octanol–water partition coefficient (Wildman–Crippen LogP) is 4.48. The van der Waals surface area contributed by atoms with Crippen LogP contribution in [0.1, 0.15) is 47.0 Å². The maximum Gasteiger partial charge on any atom is 0.287 e. The Morgan fingerprint density at radius 2 is 1.87 bits per heavy atom. The molecule has 2 heterocycles. The van der Waals surface area contributed by atoms with Gasteiger partial charge in [0.2, 0.25) is 0 Å². The van der Waals surface area contributed by atoms with E-state index in [0.717, 1.165) is 25.1 Å². The van der Waals surface area contributed by atoms with Crippen molar-refractivity contribution in [1.29, 1.82) is 0 Å². The van der Waals surface area contributed by atoms with Crippen LogP contribution in [-0.4, -0.2) is 36.3 Å². The van der Waals surface area contributed by atoms with Gasteiger partial charge < -0.3 is 14.6 Å². The van der Waals surface area contributed by atoms with Gasteiger partial charge in [0.25, 0.3) is 11.8 Å². The summed E-state index contributed by atoms with van der Waals surface area (Å²) >= 11 is 0. The van der Waals surface area contributed by atoms with Gasteiger partial charge in [0.05, 0.1) is 0 Å². The van der Waals surface area contributed by atoms with Crippen molar-refractivity contribution in [2.75, 3.05) is 19.6 Å². The zero-order valence-corrected chi connectivity index (χ0v) is 17.4. The van der Waals surface area contributed by atoms with Crippen molar-refractivity contribution in [1.82, 2.24) is 10.2 Å². The highest BCUT2D eigenvalue weighted by molar-refractivity contribution is 5.94. The SMILES string of the molecule is CC1C=Cc2cc(C(=O)NCCC3[C@H]4CN(C(=O)c5ccc(F)cc5)C[C@@H]34)oc2C=C1.[HH]. The van der Waals surface area contributed by atoms with E-state index < -0.39 is 0 Å². The molecule has 5 rings (SSSR count). The van der Waals surface area contributed by atoms with E-state index in [1.807, 2.05) is 23.1 Å². The van der Waals surface area contributed by atoms with E-state index in [1.165, 1.54) is 24.3 Å². The van der Waals surface area contributed by atoms with E-state index in [1.54, 1.807) is 6.07 Å². The number of hydrogen-bond acceptors (Lipinski definition) is 3. The Morgan fingerprint density at radius 3 is 2.61 bits per heavy atom. The van der Waals surface area contributed by atoms with E-state index >= 15 is 0 Å². The number of carbonyl (C=O) groups excluding carboxylic acids is 2. The van der Waals surface area contributed by atoms with Crippen LogP contribution in [0.15, 0.2) is 46.9 Å². The first-order chi connectivity index (χ1) is 15.0. The van der Waals surface area contributed by atoms with Gasteiger partial charge in [-0.05, 0) is 66.5 Å². The van der Waals surface area contributed by atoms with Gasteiger partial charge in [0, 0.05) is 32.2 Å². The summed E-state index contributed by atoms with van der Waals surface area (Å²) in [6.07, 6.45) is 8.93. The molecule has 2 fully saturated rings. The van der Waals surface area contributed by atoms with Gasteiger partial charge in [-0.15, -0.1) is 0 Å². The lowest BCUT2D eigenvalue weighted by molar-refractivity contribution is 0.0767. The normalized spacial score (nSPS) is 25.7. The predicted molar refractivity (Wildman–Crippen MR) is 118 cm³/mol. The second-order valence-electron chi connectivity index (χ2n) is 8.76. The Morgan fingerprint density at radius 1 is 1.16 bits per heavy atom. The lowest BCUT2D eigenvalue weighted by Crippen LogP contribution is -2.32. The second-order valence-corrected chi connectivity index (χ2v) is 8.76. The summed E-state index contributed by atoms with van der Waals surface area (Å²) in [6.45, 7) is 4.16. The average molecular weight is 423 g/mol. The summed E-state index contributed by atoms with van der Waals surface area (Å²) < 4.78 is 18.8. The third-order valence-electron chi connectivity index (χ3n) is 6.66. The number of allylic oxidation sites excluding steroid dienone is 2. The largest absolute Gasteiger partial charge is 0.451 e. The van der Waals surface area contributed by atoms with Gasteiger partial charge in [0.1, 0.15) is 11.6 Å². The molecule has 2 aromatic rings. The van der Waals surface area contributed by atoms with Crippen LogP contribution in [0.4, 0.5) is 4.39 Å². The first-order valence-corrected chi connectivity index (χ1v) is 10.8. The van der Waals surface area contributed by atoms with Crippen molar-refractivity contribution in [3.8, 4) is 0 Å². The fourth-order valence-corrected chi connectivity index (χ4v) is 4.81. The van der Waals surface area contributed by atoms with E-state index in [0.29, 0.717) is 47.3 Å². The van der Waals surface area contributed by atoms with Crippen molar-refractivity contribution in [3.05, 3.63) is 70.9 Å². The van der Waals surface area contributed by atoms with E-state index in [4.69, 9.17) is 4.42 Å². The summed E-state index contributed by atoms with van der Waals surface area (Å²) in [5.41, 5.74) is 1.45. The number of hydrogen-bond donors (Lipinski definition) is 1. The number of nitrogens with zero attached hydrogens (tertiary/aromatic N) is 1. The molecule has 1 N–H and O–H groups in total. The number of furan rings is 1. The fraction of sp³-hybridized carbons (Fsp3) is 0.360. The molecule has 1 aromatic heterocycles. The van der Waals surface area contributed by atoms with E-state index in [2.05, 4.69) is 18.3 Å². The Bertz CT molecular complexity index is 1030. The number of benzene rings is 1. The molecule has 0 bridgehead atoms. The number of carbonyl (C=O) groups is 2. The molecule has 2 amide bonds. The van der Waals surface area contributed by atoms with E-state index in [9.17, 15) is 14.0 Å². The molecule has 31 heavy (non-hydrogen) atoms. The minimum absolute atomic E-state index is 0. The number of amides is 2. The highest BCUT2D eigenvalue weighted by atomic mass is 19.1. The number of fused-ring (bicyclic) bond motifs is 2. The Hall–Kier alpha value is -3.15. The molecular formula is C25H27FN2O3. The van der Waals surface area contributed by atoms with Crippen LogP contribution in [0.2, 0.25) is 0 Å². The third kappa shape index (κ3) is 3.94. The molecule has 2 unspecified atom stereocenters. The van der Waals surface area contributed by atoms with Crippen LogP contribution >= 0.6 is 0 Å². The molecule has 2 aliphatic carbocycles. The zero-order valence-electron chi connectivity index (χ0n) is 17.4. The average Bonchev–Trinajstić information content (AvgIpc) is 3.11. The van der Waals surface area contributed by atoms with Crippen LogP contribution in [0.25, 0.3) is 12.2 Å². The zero-order chi connectivity index (χ0) is 21.5. The summed E-state index contributed by atoms with van der Waals surface area (Å²) in [7, 11) is 0. The standard InChI is InChI=1S/C25H25FN2O3.H2/c1-15-2-4-17-12-23(31-22(17)9-3-15)24(29)27-11-10-19-20-13-28(14-21(19)20)25(30)16-5-7-18(26)8-6-16;/h2-9,12,15,19-21H,10-11,13-14H2,1H3,(H,27,29);1H/t15?,19?,20-,21+;. The van der Waals surface area contributed by atoms with Crippen LogP contribution in [0.5, 0.6) is 0 Å². The number of halogens is 1. The van der Waals surface area contributed by atoms with Crippen molar-refractivity contribution >= 4 is 24.0 Å². The first-order valence-electron chi connectivity index (χ1n) is 10.8. The number of likely N-dealkylation sites (tertiary alicyclic amines) is 1. The van der Waals surface area contributed by atoms with Crippen molar-refractivity contribution in [2.45, 2.75) is 13.3 Å². The smallest absolute Gasteiger partial charge is 0.287 e. The van der Waals surface area contributed by atoms with Gasteiger partial charge in [0.15, 0.2) is 5.76 Å². The van der Waals surface area contributed by atoms with Crippen LogP contribution in [0.3, 0.4) is 0 Å². The van der Waals surface area contributed by atoms with Crippen LogP contribution in [0, 0.1) is 29.5 Å². The molecule has 0 spiro atoms. The summed E-state index contributed by atoms with van der Waals surface area (Å²) in [5, 5.41) is 2.96. The molecule has 5 nitrogen and oxygen atoms in total. The molecule has 1 saturated heterocycles. The Balaban J connectivity index is 0.00000245. The summed E-state index contributed by atoms with van der Waals surface area (Å²) in [6, 6.07) is 7.50. The fourth-order valence-electron chi connectivity index (χ4n) is 4.81. The van der Waals surface area contributed by atoms with Gasteiger partial charge in [-0.2, -0.15) is 0 Å². The molecule has 3 aliphatic rings. The highest BCUT2D eigenvalue weighted by Gasteiger charge is 2.55. The molecule has 6 heteroatoms. The third-order valence-corrected chi connectivity index (χ3v) is 6.66. The molecule has 162 valence electrons. The first kappa shape index (κ1) is 19.8. The topological polar surface area (TPSA) is 62.6 Å².